The summed E-state index contributed by atoms with van der Waals surface area (Å²) in [5, 5.41) is 7.13. The van der Waals surface area contributed by atoms with Crippen LogP contribution in [0.2, 0.25) is 0 Å². The lowest BCUT2D eigenvalue weighted by atomic mass is 10.1. The van der Waals surface area contributed by atoms with Crippen LogP contribution < -0.4 is 10.1 Å². The normalized spacial score (nSPS) is 14.9. The summed E-state index contributed by atoms with van der Waals surface area (Å²) in [5.74, 6) is 1.53. The highest BCUT2D eigenvalue weighted by Crippen LogP contribution is 2.40. The van der Waals surface area contributed by atoms with Crippen molar-refractivity contribution in [3.8, 4) is 5.75 Å². The number of rotatable bonds is 7. The van der Waals surface area contributed by atoms with Crippen LogP contribution in [-0.4, -0.2) is 28.1 Å². The Morgan fingerprint density at radius 1 is 1.38 bits per heavy atom. The van der Waals surface area contributed by atoms with Gasteiger partial charge in [0.05, 0.1) is 12.2 Å². The molecule has 0 saturated heterocycles. The number of ketones is 1. The van der Waals surface area contributed by atoms with E-state index in [0.29, 0.717) is 23.0 Å². The first-order valence-corrected chi connectivity index (χ1v) is 8.12. The molecule has 1 aromatic heterocycles. The van der Waals surface area contributed by atoms with Gasteiger partial charge in [-0.3, -0.25) is 9.59 Å². The molecule has 24 heavy (non-hydrogen) atoms. The molecule has 1 heterocycles. The van der Waals surface area contributed by atoms with E-state index in [9.17, 15) is 9.59 Å². The molecule has 1 fully saturated rings. The topological polar surface area (TPSA) is 73.2 Å². The molecule has 0 spiro atoms. The zero-order valence-corrected chi connectivity index (χ0v) is 13.9. The maximum absolute atomic E-state index is 12.1. The maximum Gasteiger partial charge on any atom is 0.263 e. The molecule has 6 nitrogen and oxygen atoms in total. The second-order valence-corrected chi connectivity index (χ2v) is 6.16. The Bertz CT molecular complexity index is 749. The van der Waals surface area contributed by atoms with Crippen molar-refractivity contribution in [3.63, 3.8) is 0 Å². The maximum atomic E-state index is 12.1. The number of amides is 1. The van der Waals surface area contributed by atoms with Crippen molar-refractivity contribution in [2.24, 2.45) is 5.92 Å². The van der Waals surface area contributed by atoms with Crippen LogP contribution >= 0.6 is 0 Å². The molecule has 1 aliphatic carbocycles. The van der Waals surface area contributed by atoms with E-state index in [1.54, 1.807) is 36.5 Å². The average Bonchev–Trinajstić information content (AvgIpc) is 3.32. The van der Waals surface area contributed by atoms with Crippen LogP contribution in [0.1, 0.15) is 43.1 Å². The zero-order chi connectivity index (χ0) is 17.1. The number of ether oxygens (including phenoxy) is 1. The molecule has 1 amide bonds. The third-order valence-corrected chi connectivity index (χ3v) is 4.24. The van der Waals surface area contributed by atoms with Crippen LogP contribution in [0.4, 0.5) is 5.82 Å². The van der Waals surface area contributed by atoms with Crippen molar-refractivity contribution in [1.82, 2.24) is 9.78 Å². The highest BCUT2D eigenvalue weighted by atomic mass is 16.5. The number of anilines is 1. The van der Waals surface area contributed by atoms with Gasteiger partial charge in [0.25, 0.3) is 5.91 Å². The van der Waals surface area contributed by atoms with Gasteiger partial charge in [-0.1, -0.05) is 12.1 Å². The molecule has 1 saturated carbocycles. The predicted octanol–water partition coefficient (Wildman–Crippen LogP) is 3.07. The summed E-state index contributed by atoms with van der Waals surface area (Å²) in [6, 6.07) is 8.87. The lowest BCUT2D eigenvalue weighted by Gasteiger charge is -2.15. The molecule has 3 rings (SSSR count). The third kappa shape index (κ3) is 3.82. The molecular weight excluding hydrogens is 306 g/mol. The molecule has 0 radical (unpaired) electrons. The molecule has 1 aromatic carbocycles. The Morgan fingerprint density at radius 2 is 2.17 bits per heavy atom. The smallest absolute Gasteiger partial charge is 0.263 e. The monoisotopic (exact) mass is 327 g/mol. The van der Waals surface area contributed by atoms with Gasteiger partial charge < -0.3 is 10.1 Å². The molecule has 1 N–H and O–H groups in total. The van der Waals surface area contributed by atoms with Gasteiger partial charge in [-0.15, -0.1) is 0 Å². The molecular formula is C18H21N3O3. The summed E-state index contributed by atoms with van der Waals surface area (Å²) in [5.41, 5.74) is 0.559. The van der Waals surface area contributed by atoms with Crippen LogP contribution in [0.5, 0.6) is 5.75 Å². The third-order valence-electron chi connectivity index (χ3n) is 4.24. The van der Waals surface area contributed by atoms with E-state index in [1.807, 2.05) is 4.68 Å². The largest absolute Gasteiger partial charge is 0.484 e. The number of aromatic nitrogens is 2. The first-order valence-electron chi connectivity index (χ1n) is 8.12. The Morgan fingerprint density at radius 3 is 2.88 bits per heavy atom. The van der Waals surface area contributed by atoms with Gasteiger partial charge in [0.15, 0.2) is 12.4 Å². The SMILES string of the molecule is CC(=O)c1cccc(OCC(=O)Nc2ccnn2C(C)C2CC2)c1. The first-order chi connectivity index (χ1) is 11.5. The van der Waals surface area contributed by atoms with Gasteiger partial charge in [0, 0.05) is 11.6 Å². The second kappa shape index (κ2) is 6.86. The number of nitrogens with zero attached hydrogens (tertiary/aromatic N) is 2. The number of hydrogen-bond acceptors (Lipinski definition) is 4. The second-order valence-electron chi connectivity index (χ2n) is 6.16. The van der Waals surface area contributed by atoms with E-state index in [4.69, 9.17) is 4.74 Å². The van der Waals surface area contributed by atoms with Crippen LogP contribution in [0.3, 0.4) is 0 Å². The Balaban J connectivity index is 1.57. The Labute approximate surface area is 140 Å². The molecule has 0 bridgehead atoms. The van der Waals surface area contributed by atoms with Crippen LogP contribution in [0.25, 0.3) is 0 Å². The number of hydrogen-bond donors (Lipinski definition) is 1. The van der Waals surface area contributed by atoms with Gasteiger partial charge in [-0.05, 0) is 44.7 Å². The van der Waals surface area contributed by atoms with Crippen LogP contribution in [0, 0.1) is 5.92 Å². The minimum Gasteiger partial charge on any atom is -0.484 e. The van der Waals surface area contributed by atoms with Gasteiger partial charge in [-0.25, -0.2) is 4.68 Å². The van der Waals surface area contributed by atoms with Crippen LogP contribution in [-0.2, 0) is 4.79 Å². The van der Waals surface area contributed by atoms with E-state index < -0.39 is 0 Å². The fourth-order valence-electron chi connectivity index (χ4n) is 2.65. The predicted molar refractivity (Wildman–Crippen MR) is 90.2 cm³/mol. The standard InChI is InChI=1S/C18H21N3O3/c1-12(14-6-7-14)21-17(8-9-19-21)20-18(23)11-24-16-5-3-4-15(10-16)13(2)22/h3-5,8-10,12,14H,6-7,11H2,1-2H3,(H,20,23). The number of carbonyl (C=O) groups is 2. The molecule has 2 aromatic rings. The van der Waals surface area contributed by atoms with Gasteiger partial charge in [0.2, 0.25) is 0 Å². The zero-order valence-electron chi connectivity index (χ0n) is 13.9. The average molecular weight is 327 g/mol. The summed E-state index contributed by atoms with van der Waals surface area (Å²) in [6.07, 6.45) is 4.11. The Hall–Kier alpha value is -2.63. The summed E-state index contributed by atoms with van der Waals surface area (Å²) < 4.78 is 7.33. The van der Waals surface area contributed by atoms with E-state index in [-0.39, 0.29) is 24.3 Å². The minimum absolute atomic E-state index is 0.0390. The number of nitrogens with one attached hydrogen (secondary N) is 1. The molecule has 1 unspecified atom stereocenters. The molecule has 0 aliphatic heterocycles. The summed E-state index contributed by atoms with van der Waals surface area (Å²) >= 11 is 0. The lowest BCUT2D eigenvalue weighted by Crippen LogP contribution is -2.23. The fraction of sp³-hybridized carbons (Fsp3) is 0.389. The fourth-order valence-corrected chi connectivity index (χ4v) is 2.65. The van der Waals surface area contributed by atoms with E-state index in [0.717, 1.165) is 0 Å². The van der Waals surface area contributed by atoms with E-state index in [2.05, 4.69) is 17.3 Å². The van der Waals surface area contributed by atoms with E-state index >= 15 is 0 Å². The number of carbonyl (C=O) groups excluding carboxylic acids is 2. The van der Waals surface area contributed by atoms with Gasteiger partial charge in [-0.2, -0.15) is 5.10 Å². The van der Waals surface area contributed by atoms with Gasteiger partial charge >= 0.3 is 0 Å². The van der Waals surface area contributed by atoms with Crippen molar-refractivity contribution in [2.75, 3.05) is 11.9 Å². The molecule has 126 valence electrons. The molecule has 1 aliphatic rings. The first kappa shape index (κ1) is 16.2. The highest BCUT2D eigenvalue weighted by molar-refractivity contribution is 5.94. The highest BCUT2D eigenvalue weighted by Gasteiger charge is 2.30. The summed E-state index contributed by atoms with van der Waals surface area (Å²) in [4.78, 5) is 23.5. The van der Waals surface area contributed by atoms with Crippen molar-refractivity contribution < 1.29 is 14.3 Å². The van der Waals surface area contributed by atoms with Gasteiger partial charge in [0.1, 0.15) is 11.6 Å². The summed E-state index contributed by atoms with van der Waals surface area (Å²) in [6.45, 7) is 3.49. The van der Waals surface area contributed by atoms with Crippen LogP contribution in [0.15, 0.2) is 36.5 Å². The van der Waals surface area contributed by atoms with E-state index in [1.165, 1.54) is 19.8 Å². The quantitative estimate of drug-likeness (QED) is 0.793. The lowest BCUT2D eigenvalue weighted by molar-refractivity contribution is -0.118. The molecule has 6 heteroatoms. The number of benzene rings is 1. The summed E-state index contributed by atoms with van der Waals surface area (Å²) in [7, 11) is 0. The van der Waals surface area contributed by atoms with Crippen molar-refractivity contribution >= 4 is 17.5 Å². The van der Waals surface area contributed by atoms with Crippen molar-refractivity contribution in [2.45, 2.75) is 32.7 Å². The number of Topliss-reactive ketones (excluding diaryl/α,β-unsaturated/α-hetero) is 1. The molecule has 1 atom stereocenters. The van der Waals surface area contributed by atoms with Crippen molar-refractivity contribution in [1.29, 1.82) is 0 Å². The van der Waals surface area contributed by atoms with Crippen molar-refractivity contribution in [3.05, 3.63) is 42.1 Å². The Kier molecular flexibility index (Phi) is 4.64. The minimum atomic E-state index is -0.257.